The number of nitrogens with one attached hydrogen (secondary N) is 2. The summed E-state index contributed by atoms with van der Waals surface area (Å²) >= 11 is 0. The van der Waals surface area contributed by atoms with Crippen LogP contribution in [0, 0.1) is 5.92 Å². The largest absolute Gasteiger partial charge is 0.495 e. The maximum Gasteiger partial charge on any atom is 0.262 e. The standard InChI is InChI=1S/C19H22N2O4S/c1-13(14-10-11-14)20-19(22)15-6-5-7-16(12-15)26(23,24)21-17-8-3-4-9-18(17)25-2/h3-9,12-14,21H,10-11H2,1-2H3,(H,20,22)/t13-/m1/s1. The second-order valence-electron chi connectivity index (χ2n) is 6.43. The number of carbonyl (C=O) groups excluding carboxylic acids is 1. The Balaban J connectivity index is 1.80. The molecule has 0 heterocycles. The topological polar surface area (TPSA) is 84.5 Å². The van der Waals surface area contributed by atoms with Gasteiger partial charge in [-0.2, -0.15) is 0 Å². The monoisotopic (exact) mass is 374 g/mol. The summed E-state index contributed by atoms with van der Waals surface area (Å²) in [5.41, 5.74) is 0.660. The first-order valence-corrected chi connectivity index (χ1v) is 9.96. The number of anilines is 1. The maximum atomic E-state index is 12.7. The first-order chi connectivity index (χ1) is 12.4. The minimum Gasteiger partial charge on any atom is -0.495 e. The molecule has 1 saturated carbocycles. The molecule has 1 amide bonds. The van der Waals surface area contributed by atoms with Gasteiger partial charge in [-0.05, 0) is 56.0 Å². The smallest absolute Gasteiger partial charge is 0.262 e. The predicted molar refractivity (Wildman–Crippen MR) is 99.9 cm³/mol. The third kappa shape index (κ3) is 4.16. The minimum absolute atomic E-state index is 0.0233. The number of hydrogen-bond acceptors (Lipinski definition) is 4. The Labute approximate surface area is 153 Å². The lowest BCUT2D eigenvalue weighted by Crippen LogP contribution is -2.34. The van der Waals surface area contributed by atoms with Crippen molar-refractivity contribution < 1.29 is 17.9 Å². The minimum atomic E-state index is -3.84. The van der Waals surface area contributed by atoms with Crippen LogP contribution in [0.15, 0.2) is 53.4 Å². The molecule has 26 heavy (non-hydrogen) atoms. The summed E-state index contributed by atoms with van der Waals surface area (Å²) in [5.74, 6) is 0.681. The average Bonchev–Trinajstić information content (AvgIpc) is 3.47. The second kappa shape index (κ2) is 7.37. The van der Waals surface area contributed by atoms with E-state index in [0.29, 0.717) is 22.9 Å². The molecular formula is C19H22N2O4S. The fraction of sp³-hybridized carbons (Fsp3) is 0.316. The number of para-hydroxylation sites is 2. The van der Waals surface area contributed by atoms with E-state index in [0.717, 1.165) is 12.8 Å². The van der Waals surface area contributed by atoms with Crippen LogP contribution in [0.2, 0.25) is 0 Å². The highest BCUT2D eigenvalue weighted by molar-refractivity contribution is 7.92. The molecule has 2 aromatic rings. The quantitative estimate of drug-likeness (QED) is 0.780. The number of sulfonamides is 1. The molecule has 1 aliphatic carbocycles. The molecule has 2 N–H and O–H groups in total. The van der Waals surface area contributed by atoms with Crippen molar-refractivity contribution in [3.8, 4) is 5.75 Å². The lowest BCUT2D eigenvalue weighted by atomic mass is 10.1. The lowest BCUT2D eigenvalue weighted by Gasteiger charge is -2.14. The molecule has 6 nitrogen and oxygen atoms in total. The summed E-state index contributed by atoms with van der Waals surface area (Å²) in [6.45, 7) is 1.97. The first-order valence-electron chi connectivity index (χ1n) is 8.47. The van der Waals surface area contributed by atoms with Crippen molar-refractivity contribution in [1.29, 1.82) is 0 Å². The van der Waals surface area contributed by atoms with E-state index >= 15 is 0 Å². The van der Waals surface area contributed by atoms with E-state index in [1.165, 1.54) is 19.2 Å². The van der Waals surface area contributed by atoms with E-state index in [1.54, 1.807) is 36.4 Å². The molecule has 0 unspecified atom stereocenters. The molecule has 2 aromatic carbocycles. The summed E-state index contributed by atoms with van der Waals surface area (Å²) in [7, 11) is -2.37. The highest BCUT2D eigenvalue weighted by Crippen LogP contribution is 2.32. The average molecular weight is 374 g/mol. The molecule has 0 bridgehead atoms. The number of ether oxygens (including phenoxy) is 1. The molecule has 0 aromatic heterocycles. The summed E-state index contributed by atoms with van der Waals surface area (Å²) < 4.78 is 33.0. The van der Waals surface area contributed by atoms with Crippen LogP contribution in [0.5, 0.6) is 5.75 Å². The van der Waals surface area contributed by atoms with Crippen LogP contribution in [0.3, 0.4) is 0 Å². The number of hydrogen-bond donors (Lipinski definition) is 2. The Hall–Kier alpha value is -2.54. The van der Waals surface area contributed by atoms with Gasteiger partial charge < -0.3 is 10.1 Å². The van der Waals surface area contributed by atoms with Crippen LogP contribution >= 0.6 is 0 Å². The summed E-state index contributed by atoms with van der Waals surface area (Å²) in [6.07, 6.45) is 2.25. The van der Waals surface area contributed by atoms with E-state index in [4.69, 9.17) is 4.74 Å². The Bertz CT molecular complexity index is 907. The van der Waals surface area contributed by atoms with Crippen molar-refractivity contribution in [3.05, 3.63) is 54.1 Å². The molecule has 3 rings (SSSR count). The van der Waals surface area contributed by atoms with Crippen molar-refractivity contribution in [1.82, 2.24) is 5.32 Å². The van der Waals surface area contributed by atoms with Gasteiger partial charge in [0.1, 0.15) is 5.75 Å². The molecular weight excluding hydrogens is 352 g/mol. The van der Waals surface area contributed by atoms with Crippen LogP contribution in [0.1, 0.15) is 30.1 Å². The van der Waals surface area contributed by atoms with Crippen molar-refractivity contribution in [2.75, 3.05) is 11.8 Å². The molecule has 0 aliphatic heterocycles. The number of rotatable bonds is 7. The van der Waals surface area contributed by atoms with E-state index in [-0.39, 0.29) is 16.8 Å². The first kappa shape index (κ1) is 18.3. The van der Waals surface area contributed by atoms with Crippen LogP contribution in [0.4, 0.5) is 5.69 Å². The predicted octanol–water partition coefficient (Wildman–Crippen LogP) is 3.02. The van der Waals surface area contributed by atoms with E-state index in [9.17, 15) is 13.2 Å². The van der Waals surface area contributed by atoms with E-state index in [2.05, 4.69) is 10.0 Å². The van der Waals surface area contributed by atoms with Gasteiger partial charge in [0.15, 0.2) is 0 Å². The lowest BCUT2D eigenvalue weighted by molar-refractivity contribution is 0.0935. The van der Waals surface area contributed by atoms with Crippen molar-refractivity contribution in [2.24, 2.45) is 5.92 Å². The third-order valence-electron chi connectivity index (χ3n) is 4.45. The van der Waals surface area contributed by atoms with Gasteiger partial charge in [0.2, 0.25) is 0 Å². The second-order valence-corrected chi connectivity index (χ2v) is 8.12. The van der Waals surface area contributed by atoms with Gasteiger partial charge in [-0.3, -0.25) is 9.52 Å². The third-order valence-corrected chi connectivity index (χ3v) is 5.81. The Morgan fingerprint density at radius 2 is 1.88 bits per heavy atom. The molecule has 138 valence electrons. The summed E-state index contributed by atoms with van der Waals surface area (Å²) in [4.78, 5) is 12.4. The van der Waals surface area contributed by atoms with Crippen molar-refractivity contribution in [3.63, 3.8) is 0 Å². The van der Waals surface area contributed by atoms with Gasteiger partial charge in [0.05, 0.1) is 17.7 Å². The normalized spacial score (nSPS) is 15.2. The summed E-state index contributed by atoms with van der Waals surface area (Å²) in [5, 5.41) is 2.93. The highest BCUT2D eigenvalue weighted by atomic mass is 32.2. The Morgan fingerprint density at radius 1 is 1.15 bits per heavy atom. The number of carbonyl (C=O) groups is 1. The zero-order valence-electron chi connectivity index (χ0n) is 14.7. The molecule has 1 atom stereocenters. The van der Waals surface area contributed by atoms with Crippen molar-refractivity contribution >= 4 is 21.6 Å². The number of amides is 1. The van der Waals surface area contributed by atoms with Crippen molar-refractivity contribution in [2.45, 2.75) is 30.7 Å². The van der Waals surface area contributed by atoms with Gasteiger partial charge in [0.25, 0.3) is 15.9 Å². The van der Waals surface area contributed by atoms with Crippen LogP contribution < -0.4 is 14.8 Å². The fourth-order valence-electron chi connectivity index (χ4n) is 2.74. The highest BCUT2D eigenvalue weighted by Gasteiger charge is 2.29. The molecule has 0 spiro atoms. The Kier molecular flexibility index (Phi) is 5.18. The Morgan fingerprint density at radius 3 is 2.58 bits per heavy atom. The molecule has 1 fully saturated rings. The van der Waals surface area contributed by atoms with Crippen LogP contribution in [0.25, 0.3) is 0 Å². The molecule has 7 heteroatoms. The van der Waals surface area contributed by atoms with Crippen LogP contribution in [-0.2, 0) is 10.0 Å². The molecule has 0 radical (unpaired) electrons. The van der Waals surface area contributed by atoms with Gasteiger partial charge in [-0.1, -0.05) is 18.2 Å². The SMILES string of the molecule is COc1ccccc1NS(=O)(=O)c1cccc(C(=O)N[C@H](C)C2CC2)c1. The fourth-order valence-corrected chi connectivity index (χ4v) is 3.86. The van der Waals surface area contributed by atoms with Crippen LogP contribution in [-0.4, -0.2) is 27.5 Å². The summed E-state index contributed by atoms with van der Waals surface area (Å²) in [6, 6.07) is 12.8. The number of benzene rings is 2. The van der Waals surface area contributed by atoms with Gasteiger partial charge in [-0.15, -0.1) is 0 Å². The van der Waals surface area contributed by atoms with E-state index < -0.39 is 10.0 Å². The zero-order chi connectivity index (χ0) is 18.7. The van der Waals surface area contributed by atoms with Gasteiger partial charge in [-0.25, -0.2) is 8.42 Å². The van der Waals surface area contributed by atoms with Gasteiger partial charge in [0, 0.05) is 11.6 Å². The zero-order valence-corrected chi connectivity index (χ0v) is 15.5. The number of methoxy groups -OCH3 is 1. The van der Waals surface area contributed by atoms with E-state index in [1.807, 2.05) is 6.92 Å². The molecule has 0 saturated heterocycles. The van der Waals surface area contributed by atoms with Gasteiger partial charge >= 0.3 is 0 Å². The maximum absolute atomic E-state index is 12.7. The molecule has 1 aliphatic rings.